The van der Waals surface area contributed by atoms with Crippen molar-refractivity contribution in [3.63, 3.8) is 0 Å². The molecular weight excluding hydrogens is 352 g/mol. The Morgan fingerprint density at radius 3 is 2.57 bits per heavy atom. The van der Waals surface area contributed by atoms with Gasteiger partial charge in [-0.2, -0.15) is 0 Å². The summed E-state index contributed by atoms with van der Waals surface area (Å²) in [5.41, 5.74) is 4.37. The van der Waals surface area contributed by atoms with Crippen LogP contribution in [0.1, 0.15) is 22.8 Å². The van der Waals surface area contributed by atoms with Crippen molar-refractivity contribution in [3.05, 3.63) is 78.2 Å². The highest BCUT2D eigenvalue weighted by Crippen LogP contribution is 2.21. The van der Waals surface area contributed by atoms with Crippen molar-refractivity contribution < 1.29 is 9.53 Å². The smallest absolute Gasteiger partial charge is 0.253 e. The van der Waals surface area contributed by atoms with E-state index in [1.54, 1.807) is 24.7 Å². The molecule has 1 aromatic carbocycles. The highest BCUT2D eigenvalue weighted by molar-refractivity contribution is 5.94. The molecule has 3 rings (SSSR count). The Kier molecular flexibility index (Phi) is 6.70. The molecule has 2 heterocycles. The SMILES string of the molecule is CCOCN(C)c1ccc(-c2ccc(C(=O)NCc3cccnc3)cn2)cc1. The number of aromatic nitrogens is 2. The van der Waals surface area contributed by atoms with Gasteiger partial charge in [0.15, 0.2) is 0 Å². The molecule has 0 saturated heterocycles. The van der Waals surface area contributed by atoms with Crippen molar-refractivity contribution in [1.82, 2.24) is 15.3 Å². The number of carbonyl (C=O) groups is 1. The molecule has 0 aliphatic heterocycles. The van der Waals surface area contributed by atoms with E-state index in [9.17, 15) is 4.79 Å². The number of pyridine rings is 2. The van der Waals surface area contributed by atoms with Crippen LogP contribution in [0.4, 0.5) is 5.69 Å². The fourth-order valence-corrected chi connectivity index (χ4v) is 2.68. The molecule has 6 nitrogen and oxygen atoms in total. The summed E-state index contributed by atoms with van der Waals surface area (Å²) in [4.78, 5) is 22.8. The average Bonchev–Trinajstić information content (AvgIpc) is 2.76. The minimum Gasteiger partial charge on any atom is -0.361 e. The standard InChI is InChI=1S/C22H24N4O2/c1-3-28-16-26(2)20-9-6-18(7-10-20)21-11-8-19(15-24-21)22(27)25-14-17-5-4-12-23-13-17/h4-13,15H,3,14,16H2,1-2H3,(H,25,27). The number of benzene rings is 1. The number of amides is 1. The summed E-state index contributed by atoms with van der Waals surface area (Å²) in [6, 6.07) is 15.5. The molecule has 0 atom stereocenters. The summed E-state index contributed by atoms with van der Waals surface area (Å²) in [6.45, 7) is 3.65. The summed E-state index contributed by atoms with van der Waals surface area (Å²) in [5.74, 6) is -0.157. The number of carbonyl (C=O) groups excluding carboxylic acids is 1. The largest absolute Gasteiger partial charge is 0.361 e. The van der Waals surface area contributed by atoms with E-state index in [0.717, 1.165) is 22.5 Å². The minimum atomic E-state index is -0.157. The fourth-order valence-electron chi connectivity index (χ4n) is 2.68. The first-order chi connectivity index (χ1) is 13.7. The van der Waals surface area contributed by atoms with Crippen LogP contribution in [-0.2, 0) is 11.3 Å². The van der Waals surface area contributed by atoms with Gasteiger partial charge in [-0.25, -0.2) is 0 Å². The number of nitrogens with one attached hydrogen (secondary N) is 1. The molecule has 0 unspecified atom stereocenters. The van der Waals surface area contributed by atoms with E-state index in [-0.39, 0.29) is 5.91 Å². The van der Waals surface area contributed by atoms with Crippen LogP contribution in [0, 0.1) is 0 Å². The zero-order chi connectivity index (χ0) is 19.8. The van der Waals surface area contributed by atoms with Gasteiger partial charge in [0.25, 0.3) is 5.91 Å². The van der Waals surface area contributed by atoms with Crippen LogP contribution in [0.15, 0.2) is 67.1 Å². The second-order valence-corrected chi connectivity index (χ2v) is 6.34. The van der Waals surface area contributed by atoms with Gasteiger partial charge in [-0.05, 0) is 42.8 Å². The molecule has 28 heavy (non-hydrogen) atoms. The minimum absolute atomic E-state index is 0.157. The number of anilines is 1. The lowest BCUT2D eigenvalue weighted by molar-refractivity contribution is 0.0950. The average molecular weight is 376 g/mol. The predicted octanol–water partition coefficient (Wildman–Crippen LogP) is 3.50. The van der Waals surface area contributed by atoms with Crippen molar-refractivity contribution in [3.8, 4) is 11.3 Å². The zero-order valence-electron chi connectivity index (χ0n) is 16.1. The van der Waals surface area contributed by atoms with Crippen molar-refractivity contribution in [1.29, 1.82) is 0 Å². The van der Waals surface area contributed by atoms with Crippen LogP contribution in [0.25, 0.3) is 11.3 Å². The molecular formula is C22H24N4O2. The number of hydrogen-bond donors (Lipinski definition) is 1. The molecule has 0 spiro atoms. The lowest BCUT2D eigenvalue weighted by Crippen LogP contribution is -2.22. The van der Waals surface area contributed by atoms with E-state index in [0.29, 0.717) is 25.4 Å². The Labute approximate surface area is 165 Å². The van der Waals surface area contributed by atoms with Gasteiger partial charge in [-0.15, -0.1) is 0 Å². The highest BCUT2D eigenvalue weighted by atomic mass is 16.5. The van der Waals surface area contributed by atoms with Gasteiger partial charge in [0.2, 0.25) is 0 Å². The molecule has 0 saturated carbocycles. The van der Waals surface area contributed by atoms with Gasteiger partial charge in [-0.1, -0.05) is 18.2 Å². The van der Waals surface area contributed by atoms with Crippen LogP contribution >= 0.6 is 0 Å². The lowest BCUT2D eigenvalue weighted by atomic mass is 10.1. The normalized spacial score (nSPS) is 10.5. The summed E-state index contributed by atoms with van der Waals surface area (Å²) < 4.78 is 5.42. The third-order valence-electron chi connectivity index (χ3n) is 4.29. The number of hydrogen-bond acceptors (Lipinski definition) is 5. The maximum atomic E-state index is 12.3. The van der Waals surface area contributed by atoms with Crippen LogP contribution in [-0.4, -0.2) is 36.3 Å². The number of nitrogens with zero attached hydrogens (tertiary/aromatic N) is 3. The van der Waals surface area contributed by atoms with Gasteiger partial charge in [0.05, 0.1) is 11.3 Å². The fraction of sp³-hybridized carbons (Fsp3) is 0.227. The van der Waals surface area contributed by atoms with Gasteiger partial charge in [0.1, 0.15) is 6.73 Å². The molecule has 144 valence electrons. The van der Waals surface area contributed by atoms with Crippen LogP contribution in [0.5, 0.6) is 0 Å². The maximum Gasteiger partial charge on any atom is 0.253 e. The maximum absolute atomic E-state index is 12.3. The van der Waals surface area contributed by atoms with Crippen molar-refractivity contribution >= 4 is 11.6 Å². The van der Waals surface area contributed by atoms with Crippen molar-refractivity contribution in [2.24, 2.45) is 0 Å². The third-order valence-corrected chi connectivity index (χ3v) is 4.29. The molecule has 0 aliphatic rings. The van der Waals surface area contributed by atoms with Crippen LogP contribution in [0.2, 0.25) is 0 Å². The van der Waals surface area contributed by atoms with Gasteiger partial charge in [-0.3, -0.25) is 14.8 Å². The summed E-state index contributed by atoms with van der Waals surface area (Å²) >= 11 is 0. The molecule has 0 aliphatic carbocycles. The van der Waals surface area contributed by atoms with Crippen LogP contribution < -0.4 is 10.2 Å². The molecule has 2 aromatic heterocycles. The Morgan fingerprint density at radius 1 is 1.11 bits per heavy atom. The first-order valence-corrected chi connectivity index (χ1v) is 9.20. The van der Waals surface area contributed by atoms with E-state index >= 15 is 0 Å². The van der Waals surface area contributed by atoms with Crippen molar-refractivity contribution in [2.75, 3.05) is 25.3 Å². The molecule has 1 amide bonds. The Hall–Kier alpha value is -3.25. The first kappa shape index (κ1) is 19.5. The van der Waals surface area contributed by atoms with Gasteiger partial charge < -0.3 is 15.0 Å². The molecule has 1 N–H and O–H groups in total. The quantitative estimate of drug-likeness (QED) is 0.610. The summed E-state index contributed by atoms with van der Waals surface area (Å²) in [7, 11) is 1.99. The van der Waals surface area contributed by atoms with Gasteiger partial charge in [0, 0.05) is 50.0 Å². The monoisotopic (exact) mass is 376 g/mol. The van der Waals surface area contributed by atoms with Crippen LogP contribution in [0.3, 0.4) is 0 Å². The third kappa shape index (κ3) is 5.14. The first-order valence-electron chi connectivity index (χ1n) is 9.20. The second-order valence-electron chi connectivity index (χ2n) is 6.34. The Balaban J connectivity index is 1.61. The van der Waals surface area contributed by atoms with E-state index in [1.807, 2.05) is 61.3 Å². The summed E-state index contributed by atoms with van der Waals surface area (Å²) in [6.07, 6.45) is 5.04. The van der Waals surface area contributed by atoms with Crippen molar-refractivity contribution in [2.45, 2.75) is 13.5 Å². The van der Waals surface area contributed by atoms with E-state index < -0.39 is 0 Å². The second kappa shape index (κ2) is 9.62. The number of ether oxygens (including phenoxy) is 1. The Bertz CT molecular complexity index is 881. The van der Waals surface area contributed by atoms with E-state index in [2.05, 4.69) is 15.3 Å². The molecule has 0 radical (unpaired) electrons. The molecule has 3 aromatic rings. The van der Waals surface area contributed by atoms with Gasteiger partial charge >= 0.3 is 0 Å². The highest BCUT2D eigenvalue weighted by Gasteiger charge is 2.08. The molecule has 0 bridgehead atoms. The van der Waals surface area contributed by atoms with E-state index in [4.69, 9.17) is 4.74 Å². The van der Waals surface area contributed by atoms with E-state index in [1.165, 1.54) is 0 Å². The molecule has 6 heteroatoms. The summed E-state index contributed by atoms with van der Waals surface area (Å²) in [5, 5.41) is 2.87. The molecule has 0 fully saturated rings. The lowest BCUT2D eigenvalue weighted by Gasteiger charge is -2.19. The Morgan fingerprint density at radius 2 is 1.93 bits per heavy atom. The zero-order valence-corrected chi connectivity index (χ0v) is 16.1. The number of rotatable bonds is 8. The topological polar surface area (TPSA) is 67.3 Å². The predicted molar refractivity (Wildman–Crippen MR) is 110 cm³/mol.